The fraction of sp³-hybridized carbons (Fsp3) is 0.455. The van der Waals surface area contributed by atoms with Crippen LogP contribution in [0.25, 0.3) is 0 Å². The average molecular weight is 210 g/mol. The van der Waals surface area contributed by atoms with E-state index < -0.39 is 0 Å². The Morgan fingerprint density at radius 1 is 1.53 bits per heavy atom. The number of amides is 1. The molecule has 0 aliphatic rings. The Balaban J connectivity index is 3.70. The van der Waals surface area contributed by atoms with Gasteiger partial charge >= 0.3 is 0 Å². The van der Waals surface area contributed by atoms with E-state index >= 15 is 0 Å². The van der Waals surface area contributed by atoms with Crippen molar-refractivity contribution in [1.82, 2.24) is 5.32 Å². The van der Waals surface area contributed by atoms with Gasteiger partial charge in [-0.15, -0.1) is 0 Å². The molecule has 15 heavy (non-hydrogen) atoms. The van der Waals surface area contributed by atoms with E-state index in [4.69, 9.17) is 0 Å². The summed E-state index contributed by atoms with van der Waals surface area (Å²) in [6, 6.07) is 0. The second kappa shape index (κ2) is 8.99. The molecule has 0 atom stereocenters. The minimum absolute atomic E-state index is 0.183. The van der Waals surface area contributed by atoms with Crippen LogP contribution in [-0.2, 0) is 9.63 Å². The lowest BCUT2D eigenvalue weighted by atomic mass is 10.1. The monoisotopic (exact) mass is 210 g/mol. The van der Waals surface area contributed by atoms with Crippen LogP contribution in [0.15, 0.2) is 29.6 Å². The molecule has 0 unspecified atom stereocenters. The lowest BCUT2D eigenvalue weighted by Gasteiger charge is -1.96. The predicted octanol–water partition coefficient (Wildman–Crippen LogP) is 1.85. The summed E-state index contributed by atoms with van der Waals surface area (Å²) in [6.45, 7) is 4.24. The smallest absolute Gasteiger partial charge is 0.247 e. The van der Waals surface area contributed by atoms with Gasteiger partial charge in [0.2, 0.25) is 5.91 Å². The molecule has 4 nitrogen and oxygen atoms in total. The molecule has 4 heteroatoms. The number of hydrogen-bond acceptors (Lipinski definition) is 3. The maximum atomic E-state index is 11.1. The molecule has 0 aromatic carbocycles. The average Bonchev–Trinajstić information content (AvgIpc) is 2.19. The summed E-state index contributed by atoms with van der Waals surface area (Å²) in [7, 11) is 1.44. The SMILES string of the molecule is CO/N=C/C=C\C(=O)N/C=C/CC(C)C. The Bertz CT molecular complexity index is 255. The summed E-state index contributed by atoms with van der Waals surface area (Å²) < 4.78 is 0. The number of carbonyl (C=O) groups excluding carboxylic acids is 1. The van der Waals surface area contributed by atoms with E-state index in [1.165, 1.54) is 25.5 Å². The fourth-order valence-corrected chi connectivity index (χ4v) is 0.756. The van der Waals surface area contributed by atoms with Crippen LogP contribution in [0.4, 0.5) is 0 Å². The second-order valence-corrected chi connectivity index (χ2v) is 3.34. The molecular weight excluding hydrogens is 192 g/mol. The van der Waals surface area contributed by atoms with Crippen molar-refractivity contribution in [3.63, 3.8) is 0 Å². The van der Waals surface area contributed by atoms with Gasteiger partial charge in [-0.05, 0) is 18.4 Å². The van der Waals surface area contributed by atoms with Crippen LogP contribution in [0, 0.1) is 5.92 Å². The van der Waals surface area contributed by atoms with Crippen LogP contribution < -0.4 is 5.32 Å². The van der Waals surface area contributed by atoms with Gasteiger partial charge in [-0.3, -0.25) is 4.79 Å². The van der Waals surface area contributed by atoms with Gasteiger partial charge in [-0.25, -0.2) is 0 Å². The van der Waals surface area contributed by atoms with Crippen LogP contribution in [0.5, 0.6) is 0 Å². The van der Waals surface area contributed by atoms with E-state index in [-0.39, 0.29) is 5.91 Å². The first kappa shape index (κ1) is 13.4. The number of nitrogens with zero attached hydrogens (tertiary/aromatic N) is 1. The number of hydrogen-bond donors (Lipinski definition) is 1. The van der Waals surface area contributed by atoms with Crippen molar-refractivity contribution in [2.45, 2.75) is 20.3 Å². The molecule has 0 radical (unpaired) electrons. The van der Waals surface area contributed by atoms with Crippen LogP contribution in [0.1, 0.15) is 20.3 Å². The molecule has 0 aliphatic heterocycles. The van der Waals surface area contributed by atoms with Gasteiger partial charge in [-0.1, -0.05) is 25.1 Å². The molecule has 1 N–H and O–H groups in total. The highest BCUT2D eigenvalue weighted by atomic mass is 16.6. The topological polar surface area (TPSA) is 50.7 Å². The summed E-state index contributed by atoms with van der Waals surface area (Å²) in [5, 5.41) is 6.06. The Morgan fingerprint density at radius 2 is 2.27 bits per heavy atom. The van der Waals surface area contributed by atoms with E-state index in [0.29, 0.717) is 5.92 Å². The molecule has 0 rings (SSSR count). The Morgan fingerprint density at radius 3 is 2.87 bits per heavy atom. The van der Waals surface area contributed by atoms with Crippen LogP contribution in [0.2, 0.25) is 0 Å². The van der Waals surface area contributed by atoms with Gasteiger partial charge in [0.25, 0.3) is 0 Å². The van der Waals surface area contributed by atoms with Gasteiger partial charge in [0, 0.05) is 12.3 Å². The van der Waals surface area contributed by atoms with E-state index in [9.17, 15) is 4.79 Å². The number of allylic oxidation sites excluding steroid dienone is 2. The Labute approximate surface area is 90.7 Å². The fourth-order valence-electron chi connectivity index (χ4n) is 0.756. The van der Waals surface area contributed by atoms with Crippen LogP contribution in [-0.4, -0.2) is 19.2 Å². The predicted molar refractivity (Wildman–Crippen MR) is 61.4 cm³/mol. The molecule has 0 saturated carbocycles. The summed E-state index contributed by atoms with van der Waals surface area (Å²) in [6.07, 6.45) is 8.82. The standard InChI is InChI=1S/C11H18N2O2/c1-10(2)6-4-8-12-11(14)7-5-9-13-15-3/h4-5,7-10H,6H2,1-3H3,(H,12,14)/b7-5-,8-4+,13-9+. The minimum atomic E-state index is -0.183. The van der Waals surface area contributed by atoms with E-state index in [1.807, 2.05) is 6.08 Å². The largest absolute Gasteiger partial charge is 0.399 e. The molecule has 0 heterocycles. The maximum Gasteiger partial charge on any atom is 0.247 e. The zero-order chi connectivity index (χ0) is 11.5. The highest BCUT2D eigenvalue weighted by Crippen LogP contribution is 1.98. The first-order valence-corrected chi connectivity index (χ1v) is 4.85. The molecule has 0 aliphatic carbocycles. The van der Waals surface area contributed by atoms with Gasteiger partial charge in [0.15, 0.2) is 0 Å². The minimum Gasteiger partial charge on any atom is -0.399 e. The molecule has 84 valence electrons. The molecule has 0 aromatic rings. The zero-order valence-corrected chi connectivity index (χ0v) is 9.43. The maximum absolute atomic E-state index is 11.1. The third-order valence-corrected chi connectivity index (χ3v) is 1.45. The van der Waals surface area contributed by atoms with E-state index in [0.717, 1.165) is 6.42 Å². The molecular formula is C11H18N2O2. The third kappa shape index (κ3) is 10.3. The number of nitrogens with one attached hydrogen (secondary N) is 1. The zero-order valence-electron chi connectivity index (χ0n) is 9.43. The van der Waals surface area contributed by atoms with Gasteiger partial charge in [0.1, 0.15) is 7.11 Å². The number of rotatable bonds is 6. The molecule has 0 spiro atoms. The summed E-state index contributed by atoms with van der Waals surface area (Å²) >= 11 is 0. The van der Waals surface area contributed by atoms with Gasteiger partial charge in [0.05, 0.1) is 6.21 Å². The lowest BCUT2D eigenvalue weighted by Crippen LogP contribution is -2.13. The van der Waals surface area contributed by atoms with E-state index in [1.54, 1.807) is 6.20 Å². The van der Waals surface area contributed by atoms with Crippen molar-refractivity contribution in [1.29, 1.82) is 0 Å². The van der Waals surface area contributed by atoms with Crippen molar-refractivity contribution in [2.75, 3.05) is 7.11 Å². The molecule has 0 bridgehead atoms. The van der Waals surface area contributed by atoms with E-state index in [2.05, 4.69) is 29.2 Å². The first-order chi connectivity index (χ1) is 7.16. The van der Waals surface area contributed by atoms with Crippen molar-refractivity contribution < 1.29 is 9.63 Å². The second-order valence-electron chi connectivity index (χ2n) is 3.34. The summed E-state index contributed by atoms with van der Waals surface area (Å²) in [5.74, 6) is 0.417. The van der Waals surface area contributed by atoms with Crippen molar-refractivity contribution in [3.8, 4) is 0 Å². The van der Waals surface area contributed by atoms with Gasteiger partial charge < -0.3 is 10.2 Å². The van der Waals surface area contributed by atoms with Crippen molar-refractivity contribution >= 4 is 12.1 Å². The van der Waals surface area contributed by atoms with Crippen molar-refractivity contribution in [2.24, 2.45) is 11.1 Å². The van der Waals surface area contributed by atoms with Gasteiger partial charge in [-0.2, -0.15) is 0 Å². The lowest BCUT2D eigenvalue weighted by molar-refractivity contribution is -0.115. The van der Waals surface area contributed by atoms with Crippen LogP contribution in [0.3, 0.4) is 0 Å². The molecule has 0 fully saturated rings. The quantitative estimate of drug-likeness (QED) is 0.413. The number of carbonyl (C=O) groups is 1. The number of oxime groups is 1. The Kier molecular flexibility index (Phi) is 8.05. The Hall–Kier alpha value is -1.58. The molecule has 0 aromatic heterocycles. The molecule has 1 amide bonds. The van der Waals surface area contributed by atoms with Crippen LogP contribution >= 0.6 is 0 Å². The third-order valence-electron chi connectivity index (χ3n) is 1.45. The molecule has 0 saturated heterocycles. The normalized spacial score (nSPS) is 12.0. The highest BCUT2D eigenvalue weighted by Gasteiger charge is 1.89. The van der Waals surface area contributed by atoms with Crippen molar-refractivity contribution in [3.05, 3.63) is 24.4 Å². The summed E-state index contributed by atoms with van der Waals surface area (Å²) in [5.41, 5.74) is 0. The summed E-state index contributed by atoms with van der Waals surface area (Å²) in [4.78, 5) is 15.5. The highest BCUT2D eigenvalue weighted by molar-refractivity contribution is 5.92. The first-order valence-electron chi connectivity index (χ1n) is 4.85.